The molecule has 0 bridgehead atoms. The van der Waals surface area contributed by atoms with Gasteiger partial charge >= 0.3 is 0 Å². The fourth-order valence-electron chi connectivity index (χ4n) is 4.19. The molecule has 3 aromatic rings. The number of nitrogens with zero attached hydrogens (tertiary/aromatic N) is 2. The summed E-state index contributed by atoms with van der Waals surface area (Å²) < 4.78 is 13.1. The van der Waals surface area contributed by atoms with Crippen molar-refractivity contribution >= 4 is 17.5 Å². The first-order chi connectivity index (χ1) is 15.5. The monoisotopic (exact) mass is 451 g/mol. The number of hydrogen-bond donors (Lipinski definition) is 1. The van der Waals surface area contributed by atoms with Crippen LogP contribution in [0.5, 0.6) is 0 Å². The molecule has 1 amide bonds. The van der Waals surface area contributed by atoms with Crippen molar-refractivity contribution in [3.63, 3.8) is 0 Å². The molecule has 4 nitrogen and oxygen atoms in total. The number of halogens is 2. The standard InChI is InChI=1S/C26H27ClFN3O/c1-18-6-11-23(26(32)29-16-19-7-9-22(28)10-8-19)25(30-18)20-12-14-31(15-13-20)17-21-4-2-3-5-24(21)27/h2-11,20H,12-17H2,1H3,(H,29,32). The normalized spacial score (nSPS) is 15.0. The minimum Gasteiger partial charge on any atom is -0.348 e. The highest BCUT2D eigenvalue weighted by atomic mass is 35.5. The highest BCUT2D eigenvalue weighted by Gasteiger charge is 2.26. The maximum Gasteiger partial charge on any atom is 0.253 e. The molecule has 6 heteroatoms. The third-order valence-electron chi connectivity index (χ3n) is 6.00. The Morgan fingerprint density at radius 2 is 1.81 bits per heavy atom. The Morgan fingerprint density at radius 1 is 1.09 bits per heavy atom. The summed E-state index contributed by atoms with van der Waals surface area (Å²) in [7, 11) is 0. The molecule has 32 heavy (non-hydrogen) atoms. The second-order valence-electron chi connectivity index (χ2n) is 8.34. The predicted molar refractivity (Wildman–Crippen MR) is 125 cm³/mol. The molecule has 0 radical (unpaired) electrons. The third-order valence-corrected chi connectivity index (χ3v) is 6.37. The van der Waals surface area contributed by atoms with Crippen molar-refractivity contribution in [3.8, 4) is 0 Å². The summed E-state index contributed by atoms with van der Waals surface area (Å²) in [5.41, 5.74) is 4.41. The summed E-state index contributed by atoms with van der Waals surface area (Å²) in [6.45, 7) is 5.00. The van der Waals surface area contributed by atoms with Crippen LogP contribution in [0.25, 0.3) is 0 Å². The van der Waals surface area contributed by atoms with E-state index in [0.717, 1.165) is 60.0 Å². The van der Waals surface area contributed by atoms with Crippen molar-refractivity contribution in [1.29, 1.82) is 0 Å². The molecule has 1 saturated heterocycles. The van der Waals surface area contributed by atoms with Gasteiger partial charge in [0, 0.05) is 29.7 Å². The zero-order chi connectivity index (χ0) is 22.5. The molecule has 1 aromatic heterocycles. The van der Waals surface area contributed by atoms with E-state index in [1.54, 1.807) is 12.1 Å². The number of aryl methyl sites for hydroxylation is 1. The molecule has 0 aliphatic carbocycles. The Morgan fingerprint density at radius 3 is 2.53 bits per heavy atom. The van der Waals surface area contributed by atoms with Gasteiger partial charge in [-0.05, 0) is 74.3 Å². The van der Waals surface area contributed by atoms with Gasteiger partial charge in [-0.25, -0.2) is 4.39 Å². The molecule has 166 valence electrons. The summed E-state index contributed by atoms with van der Waals surface area (Å²) in [6.07, 6.45) is 1.89. The maximum absolute atomic E-state index is 13.1. The summed E-state index contributed by atoms with van der Waals surface area (Å²) in [6, 6.07) is 17.9. The quantitative estimate of drug-likeness (QED) is 0.538. The van der Waals surface area contributed by atoms with Gasteiger partial charge in [-0.2, -0.15) is 0 Å². The number of carbonyl (C=O) groups excluding carboxylic acids is 1. The second kappa shape index (κ2) is 10.2. The van der Waals surface area contributed by atoms with Gasteiger partial charge < -0.3 is 5.32 Å². The van der Waals surface area contributed by atoms with Gasteiger partial charge in [-0.15, -0.1) is 0 Å². The van der Waals surface area contributed by atoms with Crippen LogP contribution in [-0.2, 0) is 13.1 Å². The minimum absolute atomic E-state index is 0.143. The number of nitrogens with one attached hydrogen (secondary N) is 1. The molecule has 2 heterocycles. The maximum atomic E-state index is 13.1. The summed E-state index contributed by atoms with van der Waals surface area (Å²) in [5.74, 6) is -0.190. The SMILES string of the molecule is Cc1ccc(C(=O)NCc2ccc(F)cc2)c(C2CCN(Cc3ccccc3Cl)CC2)n1. The van der Waals surface area contributed by atoms with Crippen LogP contribution in [0.4, 0.5) is 4.39 Å². The van der Waals surface area contributed by atoms with Crippen LogP contribution >= 0.6 is 11.6 Å². The van der Waals surface area contributed by atoms with Crippen LogP contribution in [0.2, 0.25) is 5.02 Å². The van der Waals surface area contributed by atoms with Crippen LogP contribution in [0.3, 0.4) is 0 Å². The molecule has 2 aromatic carbocycles. The Labute approximate surface area is 193 Å². The lowest BCUT2D eigenvalue weighted by molar-refractivity contribution is 0.0948. The van der Waals surface area contributed by atoms with Crippen LogP contribution in [-0.4, -0.2) is 28.9 Å². The highest BCUT2D eigenvalue weighted by molar-refractivity contribution is 6.31. The Balaban J connectivity index is 1.41. The number of hydrogen-bond acceptors (Lipinski definition) is 3. The number of rotatable bonds is 6. The first-order valence-corrected chi connectivity index (χ1v) is 11.3. The number of piperidine rings is 1. The van der Waals surface area contributed by atoms with Crippen molar-refractivity contribution in [2.75, 3.05) is 13.1 Å². The van der Waals surface area contributed by atoms with Crippen LogP contribution in [0.1, 0.15) is 51.6 Å². The van der Waals surface area contributed by atoms with Gasteiger partial charge in [0.15, 0.2) is 0 Å². The molecule has 0 saturated carbocycles. The van der Waals surface area contributed by atoms with E-state index in [-0.39, 0.29) is 17.6 Å². The topological polar surface area (TPSA) is 45.2 Å². The lowest BCUT2D eigenvalue weighted by Gasteiger charge is -2.32. The molecule has 1 fully saturated rings. The largest absolute Gasteiger partial charge is 0.348 e. The highest BCUT2D eigenvalue weighted by Crippen LogP contribution is 2.30. The molecule has 1 aliphatic rings. The van der Waals surface area contributed by atoms with E-state index < -0.39 is 0 Å². The summed E-state index contributed by atoms with van der Waals surface area (Å²) >= 11 is 6.32. The average Bonchev–Trinajstić information content (AvgIpc) is 2.80. The van der Waals surface area contributed by atoms with E-state index in [2.05, 4.69) is 16.3 Å². The second-order valence-corrected chi connectivity index (χ2v) is 8.74. The van der Waals surface area contributed by atoms with Crippen molar-refractivity contribution in [1.82, 2.24) is 15.2 Å². The van der Waals surface area contributed by atoms with E-state index in [1.165, 1.54) is 12.1 Å². The van der Waals surface area contributed by atoms with E-state index in [1.807, 2.05) is 37.3 Å². The Hall–Kier alpha value is -2.76. The van der Waals surface area contributed by atoms with Crippen molar-refractivity contribution in [3.05, 3.63) is 99.6 Å². The molecular weight excluding hydrogens is 425 g/mol. The van der Waals surface area contributed by atoms with Crippen LogP contribution in [0, 0.1) is 12.7 Å². The zero-order valence-corrected chi connectivity index (χ0v) is 18.9. The number of pyridine rings is 1. The Kier molecular flexibility index (Phi) is 7.18. The van der Waals surface area contributed by atoms with Crippen LogP contribution < -0.4 is 5.32 Å². The third kappa shape index (κ3) is 5.53. The molecule has 1 N–H and O–H groups in total. The first-order valence-electron chi connectivity index (χ1n) is 11.0. The van der Waals surface area contributed by atoms with Gasteiger partial charge in [-0.3, -0.25) is 14.7 Å². The first kappa shape index (κ1) is 22.4. The zero-order valence-electron chi connectivity index (χ0n) is 18.2. The lowest BCUT2D eigenvalue weighted by Crippen LogP contribution is -2.34. The average molecular weight is 452 g/mol. The number of carbonyl (C=O) groups is 1. The lowest BCUT2D eigenvalue weighted by atomic mass is 9.89. The van der Waals surface area contributed by atoms with Gasteiger partial charge in [0.25, 0.3) is 5.91 Å². The summed E-state index contributed by atoms with van der Waals surface area (Å²) in [4.78, 5) is 20.1. The van der Waals surface area contributed by atoms with E-state index in [0.29, 0.717) is 12.1 Å². The number of benzene rings is 2. The molecule has 0 atom stereocenters. The molecule has 0 spiro atoms. The smallest absolute Gasteiger partial charge is 0.253 e. The van der Waals surface area contributed by atoms with E-state index >= 15 is 0 Å². The van der Waals surface area contributed by atoms with Gasteiger partial charge in [0.1, 0.15) is 5.82 Å². The number of amides is 1. The number of aromatic nitrogens is 1. The number of likely N-dealkylation sites (tertiary alicyclic amines) is 1. The molecule has 1 aliphatic heterocycles. The van der Waals surface area contributed by atoms with Gasteiger partial charge in [0.05, 0.1) is 11.3 Å². The molecule has 0 unspecified atom stereocenters. The van der Waals surface area contributed by atoms with Crippen molar-refractivity contribution < 1.29 is 9.18 Å². The fraction of sp³-hybridized carbons (Fsp3) is 0.308. The van der Waals surface area contributed by atoms with E-state index in [9.17, 15) is 9.18 Å². The van der Waals surface area contributed by atoms with E-state index in [4.69, 9.17) is 16.6 Å². The fourth-order valence-corrected chi connectivity index (χ4v) is 4.39. The van der Waals surface area contributed by atoms with Crippen molar-refractivity contribution in [2.24, 2.45) is 0 Å². The minimum atomic E-state index is -0.286. The Bertz CT molecular complexity index is 1080. The predicted octanol–water partition coefficient (Wildman–Crippen LogP) is 5.49. The van der Waals surface area contributed by atoms with Crippen molar-refractivity contribution in [2.45, 2.75) is 38.8 Å². The molecule has 4 rings (SSSR count). The van der Waals surface area contributed by atoms with Crippen LogP contribution in [0.15, 0.2) is 60.7 Å². The van der Waals surface area contributed by atoms with Gasteiger partial charge in [0.2, 0.25) is 0 Å². The van der Waals surface area contributed by atoms with Gasteiger partial charge in [-0.1, -0.05) is 41.9 Å². The summed E-state index contributed by atoms with van der Waals surface area (Å²) in [5, 5.41) is 3.76. The molecular formula is C26H27ClFN3O.